The highest BCUT2D eigenvalue weighted by atomic mass is 16.3. The zero-order chi connectivity index (χ0) is 18.1. The largest absolute Gasteiger partial charge is 0.393 e. The molecule has 8 unspecified atom stereocenters. The van der Waals surface area contributed by atoms with Gasteiger partial charge in [0.15, 0.2) is 5.78 Å². The molecule has 0 aliphatic heterocycles. The lowest BCUT2D eigenvalue weighted by Gasteiger charge is -2.60. The quantitative estimate of drug-likeness (QED) is 0.765. The summed E-state index contributed by atoms with van der Waals surface area (Å²) in [4.78, 5) is 24.1. The molecule has 0 saturated heterocycles. The van der Waals surface area contributed by atoms with Gasteiger partial charge in [-0.2, -0.15) is 0 Å². The number of rotatable bonds is 1. The van der Waals surface area contributed by atoms with Crippen molar-refractivity contribution in [3.05, 3.63) is 11.6 Å². The summed E-state index contributed by atoms with van der Waals surface area (Å²) in [6.07, 6.45) is 4.99. The lowest BCUT2D eigenvalue weighted by molar-refractivity contribution is -0.152. The minimum Gasteiger partial charge on any atom is -0.393 e. The number of Topliss-reactive ketones (excluding diaryl/α,β-unsaturated/α-hetero) is 1. The van der Waals surface area contributed by atoms with Crippen LogP contribution in [0.3, 0.4) is 0 Å². The van der Waals surface area contributed by atoms with E-state index in [2.05, 4.69) is 13.8 Å². The molecule has 0 aromatic heterocycles. The predicted octanol–water partition coefficient (Wildman–Crippen LogP) is 2.67. The van der Waals surface area contributed by atoms with Crippen molar-refractivity contribution >= 4 is 11.6 Å². The predicted molar refractivity (Wildman–Crippen MR) is 93.7 cm³/mol. The van der Waals surface area contributed by atoms with E-state index in [9.17, 15) is 19.8 Å². The van der Waals surface area contributed by atoms with E-state index < -0.39 is 12.2 Å². The van der Waals surface area contributed by atoms with Crippen molar-refractivity contribution < 1.29 is 19.8 Å². The molecule has 4 aliphatic rings. The van der Waals surface area contributed by atoms with Crippen LogP contribution in [-0.4, -0.2) is 34.0 Å². The number of aliphatic hydroxyl groups excluding tert-OH is 2. The van der Waals surface area contributed by atoms with Crippen LogP contribution in [-0.2, 0) is 9.59 Å². The Morgan fingerprint density at radius 1 is 1.24 bits per heavy atom. The first-order valence-corrected chi connectivity index (χ1v) is 9.80. The van der Waals surface area contributed by atoms with Crippen LogP contribution in [0.1, 0.15) is 59.3 Å². The number of hydrogen-bond acceptors (Lipinski definition) is 4. The fraction of sp³-hybridized carbons (Fsp3) is 0.810. The fourth-order valence-electron chi connectivity index (χ4n) is 7.41. The van der Waals surface area contributed by atoms with Crippen molar-refractivity contribution in [2.75, 3.05) is 0 Å². The Labute approximate surface area is 149 Å². The molecule has 3 saturated carbocycles. The van der Waals surface area contributed by atoms with Gasteiger partial charge in [-0.05, 0) is 79.3 Å². The molecule has 25 heavy (non-hydrogen) atoms. The molecular weight excluding hydrogens is 316 g/mol. The summed E-state index contributed by atoms with van der Waals surface area (Å²) in [6.45, 7) is 6.00. The van der Waals surface area contributed by atoms with Crippen LogP contribution < -0.4 is 0 Å². The molecule has 2 N–H and O–H groups in total. The Hall–Kier alpha value is -1.00. The minimum atomic E-state index is -0.596. The highest BCUT2D eigenvalue weighted by molar-refractivity contribution is 5.92. The summed E-state index contributed by atoms with van der Waals surface area (Å²) in [7, 11) is 0. The van der Waals surface area contributed by atoms with E-state index in [0.29, 0.717) is 31.6 Å². The molecule has 0 amide bonds. The van der Waals surface area contributed by atoms with Crippen molar-refractivity contribution in [2.45, 2.75) is 71.5 Å². The Kier molecular flexibility index (Phi) is 3.83. The van der Waals surface area contributed by atoms with Crippen molar-refractivity contribution in [1.82, 2.24) is 0 Å². The number of carbonyl (C=O) groups excluding carboxylic acids is 2. The number of ketones is 2. The molecule has 138 valence electrons. The average Bonchev–Trinajstić information content (AvgIpc) is 2.85. The molecule has 0 bridgehead atoms. The van der Waals surface area contributed by atoms with Crippen molar-refractivity contribution in [1.29, 1.82) is 0 Å². The number of hydrogen-bond donors (Lipinski definition) is 2. The second kappa shape index (κ2) is 5.50. The van der Waals surface area contributed by atoms with Gasteiger partial charge in [-0.15, -0.1) is 0 Å². The van der Waals surface area contributed by atoms with E-state index in [0.717, 1.165) is 18.4 Å². The Balaban J connectivity index is 1.76. The van der Waals surface area contributed by atoms with Crippen LogP contribution in [0, 0.1) is 34.5 Å². The Bertz CT molecular complexity index is 652. The molecule has 0 aromatic rings. The van der Waals surface area contributed by atoms with Crippen LogP contribution in [0.15, 0.2) is 11.6 Å². The second-order valence-electron chi connectivity index (χ2n) is 9.55. The van der Waals surface area contributed by atoms with Crippen LogP contribution in [0.4, 0.5) is 0 Å². The topological polar surface area (TPSA) is 74.6 Å². The highest BCUT2D eigenvalue weighted by Gasteiger charge is 2.63. The standard InChI is InChI=1S/C21H30O4/c1-11(22)14-4-5-15-13-9-17(24)16-8-12(23)6-7-20(16,2)19(13)18(25)10-21(14,15)3/h8,13-15,17-19,24-25H,4-7,9-10H2,1-3H3. The fourth-order valence-corrected chi connectivity index (χ4v) is 7.41. The summed E-state index contributed by atoms with van der Waals surface area (Å²) >= 11 is 0. The Morgan fingerprint density at radius 3 is 2.64 bits per heavy atom. The normalized spacial score (nSPS) is 52.0. The van der Waals surface area contributed by atoms with Crippen molar-refractivity contribution in [3.63, 3.8) is 0 Å². The molecule has 0 radical (unpaired) electrons. The van der Waals surface area contributed by atoms with E-state index in [1.165, 1.54) is 0 Å². The number of carbonyl (C=O) groups is 2. The Morgan fingerprint density at radius 2 is 1.96 bits per heavy atom. The molecule has 0 spiro atoms. The summed E-state index contributed by atoms with van der Waals surface area (Å²) in [5.74, 6) is 1.05. The van der Waals surface area contributed by atoms with Crippen LogP contribution in [0.5, 0.6) is 0 Å². The van der Waals surface area contributed by atoms with Gasteiger partial charge in [0.25, 0.3) is 0 Å². The van der Waals surface area contributed by atoms with E-state index in [4.69, 9.17) is 0 Å². The SMILES string of the molecule is CC(=O)C1CCC2C3CC(O)C4=CC(=O)CCC4(C)C3C(O)CC12C. The van der Waals surface area contributed by atoms with Gasteiger partial charge in [0.2, 0.25) is 0 Å². The van der Waals surface area contributed by atoms with Gasteiger partial charge in [-0.1, -0.05) is 13.8 Å². The summed E-state index contributed by atoms with van der Waals surface area (Å²) < 4.78 is 0. The van der Waals surface area contributed by atoms with Crippen molar-refractivity contribution in [3.8, 4) is 0 Å². The monoisotopic (exact) mass is 346 g/mol. The molecule has 8 atom stereocenters. The molecule has 0 aromatic carbocycles. The first-order valence-electron chi connectivity index (χ1n) is 9.80. The van der Waals surface area contributed by atoms with E-state index >= 15 is 0 Å². The second-order valence-corrected chi connectivity index (χ2v) is 9.55. The first kappa shape index (κ1) is 17.4. The summed E-state index contributed by atoms with van der Waals surface area (Å²) in [6, 6.07) is 0. The molecule has 4 aliphatic carbocycles. The zero-order valence-corrected chi connectivity index (χ0v) is 15.5. The lowest BCUT2D eigenvalue weighted by Crippen LogP contribution is -2.59. The first-order chi connectivity index (χ1) is 11.7. The third kappa shape index (κ3) is 2.26. The molecule has 4 heteroatoms. The average molecular weight is 346 g/mol. The highest BCUT2D eigenvalue weighted by Crippen LogP contribution is 2.66. The molecule has 3 fully saturated rings. The molecular formula is C21H30O4. The van der Waals surface area contributed by atoms with Gasteiger partial charge in [0.1, 0.15) is 5.78 Å². The third-order valence-corrected chi connectivity index (χ3v) is 8.40. The third-order valence-electron chi connectivity index (χ3n) is 8.40. The van der Waals surface area contributed by atoms with Crippen LogP contribution >= 0.6 is 0 Å². The van der Waals surface area contributed by atoms with E-state index in [-0.39, 0.29) is 40.2 Å². The summed E-state index contributed by atoms with van der Waals surface area (Å²) in [5.41, 5.74) is 0.383. The van der Waals surface area contributed by atoms with E-state index in [1.807, 2.05) is 0 Å². The molecule has 4 nitrogen and oxygen atoms in total. The van der Waals surface area contributed by atoms with Crippen LogP contribution in [0.25, 0.3) is 0 Å². The number of fused-ring (bicyclic) bond motifs is 5. The van der Waals surface area contributed by atoms with Crippen molar-refractivity contribution in [2.24, 2.45) is 34.5 Å². The van der Waals surface area contributed by atoms with E-state index in [1.54, 1.807) is 13.0 Å². The zero-order valence-electron chi connectivity index (χ0n) is 15.5. The van der Waals surface area contributed by atoms with Gasteiger partial charge in [-0.3, -0.25) is 9.59 Å². The maximum absolute atomic E-state index is 12.2. The molecule has 4 rings (SSSR count). The molecule has 0 heterocycles. The van der Waals surface area contributed by atoms with Gasteiger partial charge >= 0.3 is 0 Å². The maximum atomic E-state index is 12.2. The van der Waals surface area contributed by atoms with Gasteiger partial charge in [0.05, 0.1) is 12.2 Å². The smallest absolute Gasteiger partial charge is 0.155 e. The lowest BCUT2D eigenvalue weighted by atomic mass is 9.45. The van der Waals surface area contributed by atoms with Gasteiger partial charge in [0, 0.05) is 12.3 Å². The van der Waals surface area contributed by atoms with Gasteiger partial charge < -0.3 is 10.2 Å². The maximum Gasteiger partial charge on any atom is 0.155 e. The summed E-state index contributed by atoms with van der Waals surface area (Å²) in [5, 5.41) is 22.0. The van der Waals surface area contributed by atoms with Gasteiger partial charge in [-0.25, -0.2) is 0 Å². The minimum absolute atomic E-state index is 0.0305. The van der Waals surface area contributed by atoms with Crippen LogP contribution in [0.2, 0.25) is 0 Å². The number of aliphatic hydroxyl groups is 2.